The number of nitrogens with zero attached hydrogens (tertiary/aromatic N) is 2. The number of aromatic nitrogens is 2. The second-order valence-corrected chi connectivity index (χ2v) is 7.89. The second kappa shape index (κ2) is 4.25. The van der Waals surface area contributed by atoms with E-state index in [0.717, 1.165) is 36.5 Å². The molecule has 4 aliphatic rings. The Morgan fingerprint density at radius 1 is 1.15 bits per heavy atom. The van der Waals surface area contributed by atoms with E-state index in [2.05, 4.69) is 18.5 Å². The molecule has 2 N–H and O–H groups in total. The minimum Gasteiger partial charge on any atom is -0.384 e. The number of nitrogens with two attached hydrogens (primary N) is 1. The number of hydrogen-bond donors (Lipinski definition) is 1. The van der Waals surface area contributed by atoms with E-state index in [1.165, 1.54) is 49.8 Å². The van der Waals surface area contributed by atoms with Crippen LogP contribution < -0.4 is 5.73 Å². The Morgan fingerprint density at radius 2 is 1.70 bits per heavy atom. The van der Waals surface area contributed by atoms with Crippen molar-refractivity contribution in [1.82, 2.24) is 9.78 Å². The molecule has 0 saturated heterocycles. The summed E-state index contributed by atoms with van der Waals surface area (Å²) in [5.74, 6) is 3.93. The third-order valence-corrected chi connectivity index (χ3v) is 6.32. The fourth-order valence-corrected chi connectivity index (χ4v) is 5.87. The smallest absolute Gasteiger partial charge is 0.124 e. The van der Waals surface area contributed by atoms with Crippen LogP contribution in [0.25, 0.3) is 0 Å². The lowest BCUT2D eigenvalue weighted by Gasteiger charge is -2.56. The molecule has 0 spiro atoms. The number of rotatable bonds is 3. The van der Waals surface area contributed by atoms with Crippen LogP contribution in [0.3, 0.4) is 0 Å². The maximum absolute atomic E-state index is 6.31. The standard InChI is InChI=1S/C17H27N3/c1-3-15-11(2)16(18)20(19-15)10-17-7-12-4-13(8-17)6-14(5-12)9-17/h12-14H,3-10,18H2,1-2H3. The highest BCUT2D eigenvalue weighted by Crippen LogP contribution is 2.60. The topological polar surface area (TPSA) is 43.8 Å². The Kier molecular flexibility index (Phi) is 2.71. The Labute approximate surface area is 121 Å². The van der Waals surface area contributed by atoms with E-state index < -0.39 is 0 Å². The van der Waals surface area contributed by atoms with Gasteiger partial charge >= 0.3 is 0 Å². The molecular formula is C17H27N3. The molecule has 1 heterocycles. The zero-order valence-corrected chi connectivity index (χ0v) is 12.9. The van der Waals surface area contributed by atoms with Crippen LogP contribution in [0.5, 0.6) is 0 Å². The third-order valence-electron chi connectivity index (χ3n) is 6.32. The minimum atomic E-state index is 0.520. The minimum absolute atomic E-state index is 0.520. The van der Waals surface area contributed by atoms with Gasteiger partial charge in [0.05, 0.1) is 5.69 Å². The first-order valence-electron chi connectivity index (χ1n) is 8.40. The van der Waals surface area contributed by atoms with Crippen LogP contribution in [0.4, 0.5) is 5.82 Å². The Hall–Kier alpha value is -0.990. The zero-order valence-electron chi connectivity index (χ0n) is 12.9. The Morgan fingerprint density at radius 3 is 2.15 bits per heavy atom. The van der Waals surface area contributed by atoms with Crippen molar-refractivity contribution in [1.29, 1.82) is 0 Å². The summed E-state index contributed by atoms with van der Waals surface area (Å²) in [5.41, 5.74) is 9.22. The van der Waals surface area contributed by atoms with Crippen LogP contribution in [0.15, 0.2) is 0 Å². The first-order chi connectivity index (χ1) is 9.58. The van der Waals surface area contributed by atoms with E-state index in [0.29, 0.717) is 5.41 Å². The summed E-state index contributed by atoms with van der Waals surface area (Å²) in [6, 6.07) is 0. The average molecular weight is 273 g/mol. The van der Waals surface area contributed by atoms with Crippen LogP contribution in [0.2, 0.25) is 0 Å². The first-order valence-corrected chi connectivity index (χ1v) is 8.40. The van der Waals surface area contributed by atoms with Gasteiger partial charge in [0.1, 0.15) is 5.82 Å². The van der Waals surface area contributed by atoms with Crippen molar-refractivity contribution in [3.05, 3.63) is 11.3 Å². The predicted molar refractivity (Wildman–Crippen MR) is 81.4 cm³/mol. The van der Waals surface area contributed by atoms with Gasteiger partial charge in [-0.25, -0.2) is 4.68 Å². The highest BCUT2D eigenvalue weighted by Gasteiger charge is 2.51. The van der Waals surface area contributed by atoms with Crippen molar-refractivity contribution in [2.24, 2.45) is 23.2 Å². The maximum atomic E-state index is 6.31. The molecule has 0 aliphatic heterocycles. The average Bonchev–Trinajstić information content (AvgIpc) is 2.64. The normalized spacial score (nSPS) is 38.6. The first kappa shape index (κ1) is 12.7. The molecule has 0 unspecified atom stereocenters. The van der Waals surface area contributed by atoms with Gasteiger partial charge in [-0.3, -0.25) is 0 Å². The molecule has 0 aromatic carbocycles. The summed E-state index contributed by atoms with van der Waals surface area (Å²) in [7, 11) is 0. The van der Waals surface area contributed by atoms with Gasteiger partial charge < -0.3 is 5.73 Å². The molecular weight excluding hydrogens is 246 g/mol. The number of nitrogen functional groups attached to an aromatic ring is 1. The molecule has 0 radical (unpaired) electrons. The summed E-state index contributed by atoms with van der Waals surface area (Å²) < 4.78 is 2.14. The molecule has 4 bridgehead atoms. The van der Waals surface area contributed by atoms with Gasteiger partial charge in [0, 0.05) is 12.1 Å². The molecule has 4 aliphatic carbocycles. The molecule has 1 aromatic rings. The highest BCUT2D eigenvalue weighted by atomic mass is 15.3. The van der Waals surface area contributed by atoms with Crippen molar-refractivity contribution >= 4 is 5.82 Å². The van der Waals surface area contributed by atoms with E-state index in [4.69, 9.17) is 10.8 Å². The van der Waals surface area contributed by atoms with Crippen LogP contribution in [0, 0.1) is 30.1 Å². The van der Waals surface area contributed by atoms with Crippen molar-refractivity contribution in [3.8, 4) is 0 Å². The monoisotopic (exact) mass is 273 g/mol. The van der Waals surface area contributed by atoms with Gasteiger partial charge in [-0.2, -0.15) is 5.10 Å². The summed E-state index contributed by atoms with van der Waals surface area (Å²) in [4.78, 5) is 0. The number of anilines is 1. The molecule has 4 fully saturated rings. The lowest BCUT2D eigenvalue weighted by Crippen LogP contribution is -2.48. The number of hydrogen-bond acceptors (Lipinski definition) is 2. The molecule has 0 amide bonds. The van der Waals surface area contributed by atoms with Crippen LogP contribution >= 0.6 is 0 Å². The lowest BCUT2D eigenvalue weighted by atomic mass is 9.49. The molecule has 110 valence electrons. The van der Waals surface area contributed by atoms with Crippen LogP contribution in [0.1, 0.15) is 56.7 Å². The van der Waals surface area contributed by atoms with Gasteiger partial charge in [-0.1, -0.05) is 6.92 Å². The van der Waals surface area contributed by atoms with Crippen molar-refractivity contribution in [2.75, 3.05) is 5.73 Å². The fraction of sp³-hybridized carbons (Fsp3) is 0.824. The molecule has 4 saturated carbocycles. The molecule has 20 heavy (non-hydrogen) atoms. The lowest BCUT2D eigenvalue weighted by molar-refractivity contribution is -0.0632. The van der Waals surface area contributed by atoms with E-state index in [-0.39, 0.29) is 0 Å². The number of aryl methyl sites for hydroxylation is 1. The fourth-order valence-electron chi connectivity index (χ4n) is 5.87. The van der Waals surface area contributed by atoms with E-state index in [9.17, 15) is 0 Å². The molecule has 3 heteroatoms. The van der Waals surface area contributed by atoms with Crippen LogP contribution in [-0.2, 0) is 13.0 Å². The van der Waals surface area contributed by atoms with Gasteiger partial charge in [0.2, 0.25) is 0 Å². The Bertz CT molecular complexity index is 493. The van der Waals surface area contributed by atoms with Crippen molar-refractivity contribution in [3.63, 3.8) is 0 Å². The van der Waals surface area contributed by atoms with Gasteiger partial charge in [0.15, 0.2) is 0 Å². The largest absolute Gasteiger partial charge is 0.384 e. The molecule has 5 rings (SSSR count). The summed E-state index contributed by atoms with van der Waals surface area (Å²) in [5, 5.41) is 4.80. The van der Waals surface area contributed by atoms with Gasteiger partial charge in [-0.05, 0) is 75.0 Å². The highest BCUT2D eigenvalue weighted by molar-refractivity contribution is 5.42. The van der Waals surface area contributed by atoms with E-state index in [1.54, 1.807) is 0 Å². The quantitative estimate of drug-likeness (QED) is 0.915. The molecule has 3 nitrogen and oxygen atoms in total. The van der Waals surface area contributed by atoms with Gasteiger partial charge in [-0.15, -0.1) is 0 Å². The van der Waals surface area contributed by atoms with Crippen LogP contribution in [-0.4, -0.2) is 9.78 Å². The summed E-state index contributed by atoms with van der Waals surface area (Å²) in [6.45, 7) is 5.37. The van der Waals surface area contributed by atoms with Crippen molar-refractivity contribution < 1.29 is 0 Å². The zero-order chi connectivity index (χ0) is 13.9. The summed E-state index contributed by atoms with van der Waals surface area (Å²) >= 11 is 0. The van der Waals surface area contributed by atoms with E-state index >= 15 is 0 Å². The van der Waals surface area contributed by atoms with Gasteiger partial charge in [0.25, 0.3) is 0 Å². The summed E-state index contributed by atoms with van der Waals surface area (Å²) in [6.07, 6.45) is 9.80. The third kappa shape index (κ3) is 1.82. The molecule has 1 aromatic heterocycles. The molecule has 0 atom stereocenters. The SMILES string of the molecule is CCc1nn(CC23CC4CC(CC(C4)C2)C3)c(N)c1C. The van der Waals surface area contributed by atoms with Crippen molar-refractivity contribution in [2.45, 2.75) is 65.3 Å². The van der Waals surface area contributed by atoms with E-state index in [1.807, 2.05) is 0 Å². The second-order valence-electron chi connectivity index (χ2n) is 7.89. The predicted octanol–water partition coefficient (Wildman–Crippen LogP) is 3.55. The maximum Gasteiger partial charge on any atom is 0.124 e. The Balaban J connectivity index is 1.63.